The number of carboxylic acid groups (broad SMARTS) is 1. The van der Waals surface area contributed by atoms with Crippen molar-refractivity contribution in [1.82, 2.24) is 19.4 Å². The Labute approximate surface area is 120 Å². The highest BCUT2D eigenvalue weighted by Gasteiger charge is 2.32. The minimum absolute atomic E-state index is 0.512. The first-order chi connectivity index (χ1) is 9.40. The lowest BCUT2D eigenvalue weighted by Crippen LogP contribution is -2.51. The quantitative estimate of drug-likeness (QED) is 0.887. The second kappa shape index (κ2) is 5.93. The molecule has 1 fully saturated rings. The van der Waals surface area contributed by atoms with Crippen molar-refractivity contribution in [2.45, 2.75) is 32.9 Å². The van der Waals surface area contributed by atoms with Crippen LogP contribution in [0.25, 0.3) is 0 Å². The lowest BCUT2D eigenvalue weighted by Gasteiger charge is -2.38. The molecule has 1 aliphatic heterocycles. The van der Waals surface area contributed by atoms with Crippen molar-refractivity contribution < 1.29 is 9.90 Å². The van der Waals surface area contributed by atoms with Gasteiger partial charge in [0.1, 0.15) is 5.82 Å². The molecule has 1 unspecified atom stereocenters. The summed E-state index contributed by atoms with van der Waals surface area (Å²) < 4.78 is 1.87. The van der Waals surface area contributed by atoms with Crippen LogP contribution in [0.5, 0.6) is 0 Å². The molecule has 112 valence electrons. The summed E-state index contributed by atoms with van der Waals surface area (Å²) >= 11 is 0. The zero-order chi connectivity index (χ0) is 14.9. The smallest absolute Gasteiger partial charge is 0.327 e. The number of aryl methyl sites for hydroxylation is 2. The Bertz CT molecular complexity index is 456. The molecular weight excluding hydrogens is 256 g/mol. The van der Waals surface area contributed by atoms with Crippen LogP contribution in [0.2, 0.25) is 0 Å². The summed E-state index contributed by atoms with van der Waals surface area (Å²) in [4.78, 5) is 20.4. The molecular formula is C14H24N4O2. The van der Waals surface area contributed by atoms with Gasteiger partial charge >= 0.3 is 5.97 Å². The van der Waals surface area contributed by atoms with Crippen molar-refractivity contribution >= 4 is 5.97 Å². The van der Waals surface area contributed by atoms with Crippen molar-refractivity contribution in [1.29, 1.82) is 0 Å². The molecule has 0 aromatic carbocycles. The fourth-order valence-corrected chi connectivity index (χ4v) is 2.70. The Kier molecular flexibility index (Phi) is 4.45. The first-order valence-corrected chi connectivity index (χ1v) is 7.11. The number of nitrogens with zero attached hydrogens (tertiary/aromatic N) is 4. The Morgan fingerprint density at radius 1 is 1.25 bits per heavy atom. The number of imidazole rings is 1. The summed E-state index contributed by atoms with van der Waals surface area (Å²) in [6.07, 6.45) is 1.82. The van der Waals surface area contributed by atoms with Crippen molar-refractivity contribution in [2.75, 3.05) is 26.2 Å². The Morgan fingerprint density at radius 2 is 1.80 bits per heavy atom. The highest BCUT2D eigenvalue weighted by molar-refractivity contribution is 5.74. The standard InChI is InChI=1S/C14H24N4O2/c1-10(2)17-5-7-18(8-6-17)13(14(19)20)12-9-16(4)11(3)15-12/h9-10,13H,5-8H2,1-4H3,(H,19,20). The van der Waals surface area contributed by atoms with Gasteiger partial charge in [-0.1, -0.05) is 0 Å². The van der Waals surface area contributed by atoms with E-state index in [1.807, 2.05) is 29.6 Å². The van der Waals surface area contributed by atoms with Crippen molar-refractivity contribution in [3.05, 3.63) is 17.7 Å². The number of carboxylic acids is 1. The number of aliphatic carboxylic acids is 1. The van der Waals surface area contributed by atoms with Gasteiger partial charge < -0.3 is 9.67 Å². The molecule has 2 heterocycles. The molecule has 0 spiro atoms. The van der Waals surface area contributed by atoms with Gasteiger partial charge in [0.15, 0.2) is 6.04 Å². The van der Waals surface area contributed by atoms with Crippen LogP contribution in [0.1, 0.15) is 31.4 Å². The molecule has 20 heavy (non-hydrogen) atoms. The van der Waals surface area contributed by atoms with Gasteiger partial charge in [0.2, 0.25) is 0 Å². The molecule has 1 atom stereocenters. The number of piperazine rings is 1. The van der Waals surface area contributed by atoms with E-state index in [0.717, 1.165) is 32.0 Å². The molecule has 1 aromatic heterocycles. The lowest BCUT2D eigenvalue weighted by atomic mass is 10.1. The van der Waals surface area contributed by atoms with Crippen LogP contribution in [-0.4, -0.2) is 62.6 Å². The average molecular weight is 280 g/mol. The van der Waals surface area contributed by atoms with Gasteiger partial charge in [-0.3, -0.25) is 14.6 Å². The van der Waals surface area contributed by atoms with Gasteiger partial charge in [-0.25, -0.2) is 4.98 Å². The zero-order valence-corrected chi connectivity index (χ0v) is 12.7. The summed E-state index contributed by atoms with van der Waals surface area (Å²) in [5.41, 5.74) is 0.635. The predicted molar refractivity (Wildman–Crippen MR) is 76.6 cm³/mol. The molecule has 1 aliphatic rings. The van der Waals surface area contributed by atoms with E-state index in [1.165, 1.54) is 0 Å². The first kappa shape index (κ1) is 15.0. The number of aromatic nitrogens is 2. The minimum Gasteiger partial charge on any atom is -0.480 e. The molecule has 1 N–H and O–H groups in total. The molecule has 2 rings (SSSR count). The maximum atomic E-state index is 11.6. The first-order valence-electron chi connectivity index (χ1n) is 7.11. The number of hydrogen-bond donors (Lipinski definition) is 1. The largest absolute Gasteiger partial charge is 0.480 e. The average Bonchev–Trinajstić information content (AvgIpc) is 2.69. The van der Waals surface area contributed by atoms with Crippen molar-refractivity contribution in [2.24, 2.45) is 7.05 Å². The SMILES string of the molecule is Cc1nc(C(C(=O)O)N2CCN(C(C)C)CC2)cn1C. The van der Waals surface area contributed by atoms with Gasteiger partial charge in [0, 0.05) is 45.5 Å². The third kappa shape index (κ3) is 3.02. The monoisotopic (exact) mass is 280 g/mol. The Morgan fingerprint density at radius 3 is 2.20 bits per heavy atom. The van der Waals surface area contributed by atoms with E-state index in [-0.39, 0.29) is 0 Å². The normalized spacial score (nSPS) is 19.4. The van der Waals surface area contributed by atoms with E-state index < -0.39 is 12.0 Å². The fourth-order valence-electron chi connectivity index (χ4n) is 2.70. The summed E-state index contributed by atoms with van der Waals surface area (Å²) in [5.74, 6) is 0.0214. The van der Waals surface area contributed by atoms with Crippen LogP contribution in [-0.2, 0) is 11.8 Å². The topological polar surface area (TPSA) is 61.6 Å². The highest BCUT2D eigenvalue weighted by Crippen LogP contribution is 2.22. The van der Waals surface area contributed by atoms with Crippen LogP contribution in [0.15, 0.2) is 6.20 Å². The van der Waals surface area contributed by atoms with Crippen LogP contribution in [0.3, 0.4) is 0 Å². The molecule has 6 heteroatoms. The van der Waals surface area contributed by atoms with Gasteiger partial charge in [-0.2, -0.15) is 0 Å². The van der Waals surface area contributed by atoms with Gasteiger partial charge in [-0.05, 0) is 20.8 Å². The lowest BCUT2D eigenvalue weighted by molar-refractivity contribution is -0.144. The molecule has 0 amide bonds. The fraction of sp³-hybridized carbons (Fsp3) is 0.714. The molecule has 1 aromatic rings. The van der Waals surface area contributed by atoms with Gasteiger partial charge in [-0.15, -0.1) is 0 Å². The van der Waals surface area contributed by atoms with E-state index in [1.54, 1.807) is 0 Å². The number of hydrogen-bond acceptors (Lipinski definition) is 4. The second-order valence-corrected chi connectivity index (χ2v) is 5.73. The van der Waals surface area contributed by atoms with Crippen LogP contribution in [0, 0.1) is 6.92 Å². The second-order valence-electron chi connectivity index (χ2n) is 5.73. The number of rotatable bonds is 4. The summed E-state index contributed by atoms with van der Waals surface area (Å²) in [5, 5.41) is 9.55. The summed E-state index contributed by atoms with van der Waals surface area (Å²) in [6.45, 7) is 9.59. The molecule has 0 saturated carbocycles. The predicted octanol–water partition coefficient (Wildman–Crippen LogP) is 0.880. The van der Waals surface area contributed by atoms with Crippen molar-refractivity contribution in [3.63, 3.8) is 0 Å². The summed E-state index contributed by atoms with van der Waals surface area (Å²) in [7, 11) is 1.89. The maximum Gasteiger partial charge on any atom is 0.327 e. The molecule has 1 saturated heterocycles. The van der Waals surface area contributed by atoms with Crippen LogP contribution < -0.4 is 0 Å². The van der Waals surface area contributed by atoms with Gasteiger partial charge in [0.05, 0.1) is 5.69 Å². The minimum atomic E-state index is -0.818. The van der Waals surface area contributed by atoms with Gasteiger partial charge in [0.25, 0.3) is 0 Å². The molecule has 6 nitrogen and oxygen atoms in total. The Balaban J connectivity index is 2.13. The highest BCUT2D eigenvalue weighted by atomic mass is 16.4. The third-order valence-corrected chi connectivity index (χ3v) is 4.09. The number of carbonyl (C=O) groups is 1. The van der Waals surface area contributed by atoms with E-state index in [0.29, 0.717) is 11.7 Å². The van der Waals surface area contributed by atoms with E-state index in [9.17, 15) is 9.90 Å². The van der Waals surface area contributed by atoms with E-state index >= 15 is 0 Å². The summed E-state index contributed by atoms with van der Waals surface area (Å²) in [6, 6.07) is -0.123. The van der Waals surface area contributed by atoms with E-state index in [4.69, 9.17) is 0 Å². The Hall–Kier alpha value is -1.40. The maximum absolute atomic E-state index is 11.6. The zero-order valence-electron chi connectivity index (χ0n) is 12.7. The molecule has 0 aliphatic carbocycles. The van der Waals surface area contributed by atoms with Crippen LogP contribution in [0.4, 0.5) is 0 Å². The molecule has 0 bridgehead atoms. The van der Waals surface area contributed by atoms with E-state index in [2.05, 4.69) is 23.7 Å². The third-order valence-electron chi connectivity index (χ3n) is 4.09. The van der Waals surface area contributed by atoms with Crippen molar-refractivity contribution in [3.8, 4) is 0 Å². The molecule has 0 radical (unpaired) electrons. The van der Waals surface area contributed by atoms with Crippen LogP contribution >= 0.6 is 0 Å².